The summed E-state index contributed by atoms with van der Waals surface area (Å²) in [4.78, 5) is 28.0. The summed E-state index contributed by atoms with van der Waals surface area (Å²) < 4.78 is 12.0. The number of hydrogen-bond acceptors (Lipinski definition) is 7. The lowest BCUT2D eigenvalue weighted by molar-refractivity contribution is -0.147. The van der Waals surface area contributed by atoms with Crippen molar-refractivity contribution >= 4 is 11.8 Å². The molecule has 1 aromatic carbocycles. The number of rotatable bonds is 6. The fourth-order valence-corrected chi connectivity index (χ4v) is 3.78. The van der Waals surface area contributed by atoms with E-state index in [0.29, 0.717) is 17.8 Å². The lowest BCUT2D eigenvalue weighted by Crippen LogP contribution is -2.05. The van der Waals surface area contributed by atoms with Crippen LogP contribution in [0.25, 0.3) is 11.4 Å². The monoisotopic (exact) mass is 394 g/mol. The number of nitrogens with zero attached hydrogens (tertiary/aromatic N) is 4. The Bertz CT molecular complexity index is 1070. The molecule has 0 saturated carbocycles. The van der Waals surface area contributed by atoms with Crippen LogP contribution in [0.2, 0.25) is 0 Å². The zero-order valence-corrected chi connectivity index (χ0v) is 16.6. The standard InChI is InChI=1S/C21H22N4O4/c1-12(28-13(2)26)21-23-20(24-29-21)16-6-7-18-14(8-16)4-5-15(18)9-19(27)17-10-22-25(3)11-17/h6-8,10-12,15H,4-5,9H2,1-3H3/t12-,15-/m0/s1. The van der Waals surface area contributed by atoms with Crippen molar-refractivity contribution in [1.82, 2.24) is 19.9 Å². The highest BCUT2D eigenvalue weighted by Gasteiger charge is 2.26. The van der Waals surface area contributed by atoms with Crippen molar-refractivity contribution in [2.24, 2.45) is 7.05 Å². The van der Waals surface area contributed by atoms with Crippen molar-refractivity contribution in [2.45, 2.75) is 45.1 Å². The fraction of sp³-hybridized carbons (Fsp3) is 0.381. The van der Waals surface area contributed by atoms with E-state index in [1.807, 2.05) is 12.1 Å². The van der Waals surface area contributed by atoms with Crippen LogP contribution in [0.4, 0.5) is 0 Å². The van der Waals surface area contributed by atoms with Crippen molar-refractivity contribution in [3.05, 3.63) is 53.2 Å². The molecule has 0 fully saturated rings. The van der Waals surface area contributed by atoms with Crippen LogP contribution >= 0.6 is 0 Å². The Morgan fingerprint density at radius 3 is 2.93 bits per heavy atom. The van der Waals surface area contributed by atoms with Gasteiger partial charge in [-0.1, -0.05) is 17.3 Å². The molecule has 0 N–H and O–H groups in total. The first-order valence-corrected chi connectivity index (χ1v) is 9.56. The van der Waals surface area contributed by atoms with E-state index >= 15 is 0 Å². The minimum absolute atomic E-state index is 0.113. The number of aryl methyl sites for hydroxylation is 2. The molecule has 2 atom stereocenters. The summed E-state index contributed by atoms with van der Waals surface area (Å²) in [6.45, 7) is 3.02. The summed E-state index contributed by atoms with van der Waals surface area (Å²) in [7, 11) is 1.81. The van der Waals surface area contributed by atoms with Crippen LogP contribution in [0.3, 0.4) is 0 Å². The van der Waals surface area contributed by atoms with Gasteiger partial charge in [0.2, 0.25) is 5.82 Å². The van der Waals surface area contributed by atoms with Crippen LogP contribution in [0.15, 0.2) is 35.1 Å². The molecular formula is C21H22N4O4. The van der Waals surface area contributed by atoms with Crippen molar-refractivity contribution in [3.8, 4) is 11.4 Å². The number of aromatic nitrogens is 4. The Balaban J connectivity index is 1.49. The molecule has 0 radical (unpaired) electrons. The van der Waals surface area contributed by atoms with E-state index in [-0.39, 0.29) is 17.6 Å². The summed E-state index contributed by atoms with van der Waals surface area (Å²) in [5.74, 6) is 0.632. The predicted molar refractivity (Wildman–Crippen MR) is 103 cm³/mol. The van der Waals surface area contributed by atoms with Gasteiger partial charge in [0.25, 0.3) is 5.89 Å². The minimum Gasteiger partial charge on any atom is -0.453 e. The van der Waals surface area contributed by atoms with Gasteiger partial charge in [-0.2, -0.15) is 10.1 Å². The maximum Gasteiger partial charge on any atom is 0.303 e. The van der Waals surface area contributed by atoms with E-state index in [9.17, 15) is 9.59 Å². The zero-order valence-electron chi connectivity index (χ0n) is 16.6. The minimum atomic E-state index is -0.592. The van der Waals surface area contributed by atoms with Crippen LogP contribution in [0, 0.1) is 0 Å². The number of ketones is 1. The topological polar surface area (TPSA) is 100 Å². The SMILES string of the molecule is CC(=O)O[C@@H](C)c1nc(-c2ccc3c(c2)CC[C@H]3CC(=O)c2cnn(C)c2)no1. The Labute approximate surface area is 167 Å². The van der Waals surface area contributed by atoms with E-state index < -0.39 is 12.1 Å². The normalized spacial score (nSPS) is 16.4. The molecule has 2 aromatic heterocycles. The van der Waals surface area contributed by atoms with Gasteiger partial charge in [-0.05, 0) is 42.9 Å². The van der Waals surface area contributed by atoms with E-state index in [4.69, 9.17) is 9.26 Å². The first-order chi connectivity index (χ1) is 13.9. The van der Waals surface area contributed by atoms with E-state index in [0.717, 1.165) is 18.4 Å². The molecule has 0 amide bonds. The van der Waals surface area contributed by atoms with Gasteiger partial charge >= 0.3 is 5.97 Å². The zero-order chi connectivity index (χ0) is 20.5. The third-order valence-corrected chi connectivity index (χ3v) is 5.19. The lowest BCUT2D eigenvalue weighted by atomic mass is 9.93. The highest BCUT2D eigenvalue weighted by molar-refractivity contribution is 5.96. The van der Waals surface area contributed by atoms with E-state index in [1.54, 1.807) is 31.0 Å². The van der Waals surface area contributed by atoms with E-state index in [2.05, 4.69) is 21.3 Å². The van der Waals surface area contributed by atoms with Crippen molar-refractivity contribution in [3.63, 3.8) is 0 Å². The summed E-state index contributed by atoms with van der Waals surface area (Å²) in [6, 6.07) is 6.04. The second-order valence-electron chi connectivity index (χ2n) is 7.39. The Morgan fingerprint density at radius 2 is 2.21 bits per heavy atom. The summed E-state index contributed by atoms with van der Waals surface area (Å²) >= 11 is 0. The van der Waals surface area contributed by atoms with Crippen LogP contribution in [0.1, 0.15) is 66.1 Å². The number of fused-ring (bicyclic) bond motifs is 1. The molecule has 3 aromatic rings. The van der Waals surface area contributed by atoms with Crippen molar-refractivity contribution < 1.29 is 18.8 Å². The maximum atomic E-state index is 12.5. The average molecular weight is 394 g/mol. The third kappa shape index (κ3) is 3.96. The summed E-state index contributed by atoms with van der Waals surface area (Å²) in [6.07, 6.45) is 5.10. The molecule has 0 bridgehead atoms. The summed E-state index contributed by atoms with van der Waals surface area (Å²) in [5, 5.41) is 8.09. The Hall–Kier alpha value is -3.29. The second-order valence-corrected chi connectivity index (χ2v) is 7.39. The number of esters is 1. The number of ether oxygens (including phenoxy) is 1. The molecule has 2 heterocycles. The van der Waals surface area contributed by atoms with Crippen LogP contribution in [-0.4, -0.2) is 31.7 Å². The summed E-state index contributed by atoms with van der Waals surface area (Å²) in [5.41, 5.74) is 3.89. The van der Waals surface area contributed by atoms with Gasteiger partial charge in [0.15, 0.2) is 11.9 Å². The number of Topliss-reactive ketones (excluding diaryl/α,β-unsaturated/α-hetero) is 1. The smallest absolute Gasteiger partial charge is 0.303 e. The van der Waals surface area contributed by atoms with Gasteiger partial charge in [0.05, 0.1) is 11.8 Å². The number of benzene rings is 1. The highest BCUT2D eigenvalue weighted by atomic mass is 16.6. The molecule has 1 aliphatic rings. The average Bonchev–Trinajstić information content (AvgIpc) is 3.40. The molecule has 8 nitrogen and oxygen atoms in total. The van der Waals surface area contributed by atoms with E-state index in [1.165, 1.54) is 18.1 Å². The molecule has 1 aliphatic carbocycles. The van der Waals surface area contributed by atoms with Gasteiger partial charge in [-0.25, -0.2) is 0 Å². The molecule has 0 saturated heterocycles. The highest BCUT2D eigenvalue weighted by Crippen LogP contribution is 2.38. The van der Waals surface area contributed by atoms with Gasteiger partial charge in [0.1, 0.15) is 0 Å². The molecule has 0 aliphatic heterocycles. The Kier molecular flexibility index (Phi) is 5.00. The largest absolute Gasteiger partial charge is 0.453 e. The number of hydrogen-bond donors (Lipinski definition) is 0. The lowest BCUT2D eigenvalue weighted by Gasteiger charge is -2.10. The van der Waals surface area contributed by atoms with Crippen molar-refractivity contribution in [2.75, 3.05) is 0 Å². The second kappa shape index (κ2) is 7.62. The molecule has 8 heteroatoms. The Morgan fingerprint density at radius 1 is 1.38 bits per heavy atom. The van der Waals surface area contributed by atoms with Gasteiger partial charge < -0.3 is 9.26 Å². The number of carbonyl (C=O) groups excluding carboxylic acids is 2. The van der Waals surface area contributed by atoms with Crippen LogP contribution in [0.5, 0.6) is 0 Å². The molecule has 4 rings (SSSR count). The molecule has 29 heavy (non-hydrogen) atoms. The first-order valence-electron chi connectivity index (χ1n) is 9.56. The van der Waals surface area contributed by atoms with Gasteiger partial charge in [-0.3, -0.25) is 14.3 Å². The van der Waals surface area contributed by atoms with Crippen LogP contribution in [-0.2, 0) is 23.0 Å². The van der Waals surface area contributed by atoms with Crippen molar-refractivity contribution in [1.29, 1.82) is 0 Å². The quantitative estimate of drug-likeness (QED) is 0.466. The molecule has 0 spiro atoms. The number of carbonyl (C=O) groups is 2. The van der Waals surface area contributed by atoms with Gasteiger partial charge in [-0.15, -0.1) is 0 Å². The van der Waals surface area contributed by atoms with Crippen LogP contribution < -0.4 is 0 Å². The van der Waals surface area contributed by atoms with Gasteiger partial charge in [0, 0.05) is 32.2 Å². The molecule has 150 valence electrons. The third-order valence-electron chi connectivity index (χ3n) is 5.19. The maximum absolute atomic E-state index is 12.5. The first kappa shape index (κ1) is 19.0. The predicted octanol–water partition coefficient (Wildman–Crippen LogP) is 3.40. The fourth-order valence-electron chi connectivity index (χ4n) is 3.78. The molecule has 0 unspecified atom stereocenters. The molecular weight excluding hydrogens is 372 g/mol.